The molecule has 0 spiro atoms. The van der Waals surface area contributed by atoms with Crippen LogP contribution < -0.4 is 0 Å². The quantitative estimate of drug-likeness (QED) is 0.882. The Morgan fingerprint density at radius 1 is 1.24 bits per heavy atom. The molecule has 3 nitrogen and oxygen atoms in total. The average molecular weight is 291 g/mol. The van der Waals surface area contributed by atoms with Crippen molar-refractivity contribution in [2.45, 2.75) is 25.6 Å². The molecule has 0 bridgehead atoms. The summed E-state index contributed by atoms with van der Waals surface area (Å²) in [6, 6.07) is 6.96. The number of pyridine rings is 1. The Morgan fingerprint density at radius 2 is 1.86 bits per heavy atom. The van der Waals surface area contributed by atoms with Crippen molar-refractivity contribution in [3.05, 3.63) is 53.2 Å². The number of hydrogen-bond donors (Lipinski definition) is 1. The summed E-state index contributed by atoms with van der Waals surface area (Å²) in [6.45, 7) is 3.56. The summed E-state index contributed by atoms with van der Waals surface area (Å²) in [6.07, 6.45) is -0.161. The first-order valence-electron chi connectivity index (χ1n) is 6.67. The minimum atomic E-state index is -1.34. The van der Waals surface area contributed by atoms with Crippen molar-refractivity contribution in [1.82, 2.24) is 4.98 Å². The highest BCUT2D eigenvalue weighted by atomic mass is 19.1. The van der Waals surface area contributed by atoms with Gasteiger partial charge in [0.2, 0.25) is 0 Å². The van der Waals surface area contributed by atoms with Gasteiger partial charge in [-0.15, -0.1) is 0 Å². The van der Waals surface area contributed by atoms with Crippen LogP contribution in [0.2, 0.25) is 0 Å². The number of aromatic nitrogens is 1. The third-order valence-electron chi connectivity index (χ3n) is 3.42. The third-order valence-corrected chi connectivity index (χ3v) is 3.42. The molecule has 1 aliphatic rings. The van der Waals surface area contributed by atoms with Gasteiger partial charge in [-0.25, -0.2) is 13.8 Å². The van der Waals surface area contributed by atoms with Crippen LogP contribution in [0.1, 0.15) is 31.2 Å². The number of hydrogen-bond acceptors (Lipinski definition) is 3. The fourth-order valence-electron chi connectivity index (χ4n) is 2.18. The molecule has 2 heterocycles. The summed E-state index contributed by atoms with van der Waals surface area (Å²) < 4.78 is 32.9. The molecule has 5 heteroatoms. The van der Waals surface area contributed by atoms with E-state index in [1.165, 1.54) is 44.2 Å². The van der Waals surface area contributed by atoms with Crippen LogP contribution in [0.5, 0.6) is 0 Å². The van der Waals surface area contributed by atoms with Gasteiger partial charge in [0.05, 0.1) is 17.9 Å². The van der Waals surface area contributed by atoms with E-state index in [0.29, 0.717) is 17.9 Å². The molecule has 1 N–H and O–H groups in total. The zero-order chi connectivity index (χ0) is 15.2. The summed E-state index contributed by atoms with van der Waals surface area (Å²) in [5.41, 5.74) is -0.0527. The van der Waals surface area contributed by atoms with Crippen molar-refractivity contribution in [3.8, 4) is 11.3 Å². The van der Waals surface area contributed by atoms with Gasteiger partial charge >= 0.3 is 0 Å². The summed E-state index contributed by atoms with van der Waals surface area (Å²) in [5.74, 6) is -0.998. The van der Waals surface area contributed by atoms with E-state index < -0.39 is 17.2 Å². The molecule has 1 fully saturated rings. The molecular weight excluding hydrogens is 276 g/mol. The lowest BCUT2D eigenvalue weighted by Gasteiger charge is -2.21. The molecule has 1 aliphatic heterocycles. The van der Waals surface area contributed by atoms with Gasteiger partial charge < -0.3 is 9.84 Å². The molecule has 3 rings (SSSR count). The number of halogens is 2. The van der Waals surface area contributed by atoms with E-state index >= 15 is 0 Å². The number of rotatable bonds is 3. The van der Waals surface area contributed by atoms with Crippen molar-refractivity contribution in [3.63, 3.8) is 0 Å². The summed E-state index contributed by atoms with van der Waals surface area (Å²) in [4.78, 5) is 4.27. The van der Waals surface area contributed by atoms with Crippen molar-refractivity contribution >= 4 is 0 Å². The van der Waals surface area contributed by atoms with Gasteiger partial charge in [0.25, 0.3) is 0 Å². The third kappa shape index (κ3) is 2.80. The second-order valence-electron chi connectivity index (χ2n) is 5.65. The Labute approximate surface area is 121 Å². The smallest absolute Gasteiger partial charge is 0.155 e. The monoisotopic (exact) mass is 291 g/mol. The maximum Gasteiger partial charge on any atom is 0.155 e. The van der Waals surface area contributed by atoms with Gasteiger partial charge in [0.15, 0.2) is 5.82 Å². The summed E-state index contributed by atoms with van der Waals surface area (Å²) in [5, 5.41) is 10.1. The molecule has 0 saturated carbocycles. The zero-order valence-electron chi connectivity index (χ0n) is 11.7. The number of epoxide rings is 1. The number of ether oxygens (including phenoxy) is 1. The van der Waals surface area contributed by atoms with Crippen LogP contribution >= 0.6 is 0 Å². The van der Waals surface area contributed by atoms with Crippen LogP contribution in [0, 0.1) is 11.6 Å². The van der Waals surface area contributed by atoms with Crippen molar-refractivity contribution in [1.29, 1.82) is 0 Å². The Bertz CT molecular complexity index is 674. The minimum Gasteiger partial charge on any atom is -0.386 e. The number of benzene rings is 1. The molecule has 1 aromatic carbocycles. The fraction of sp³-hybridized carbons (Fsp3) is 0.312. The number of nitrogens with zero attached hydrogens (tertiary/aromatic N) is 1. The molecule has 0 aliphatic carbocycles. The van der Waals surface area contributed by atoms with E-state index in [1.54, 1.807) is 0 Å². The Morgan fingerprint density at radius 3 is 2.38 bits per heavy atom. The van der Waals surface area contributed by atoms with Gasteiger partial charge in [0, 0.05) is 11.1 Å². The molecule has 0 amide bonds. The first-order chi connectivity index (χ1) is 9.86. The van der Waals surface area contributed by atoms with Crippen molar-refractivity contribution in [2.24, 2.45) is 0 Å². The van der Waals surface area contributed by atoms with Crippen LogP contribution in [0.25, 0.3) is 11.3 Å². The normalized spacial score (nSPS) is 17.9. The second-order valence-corrected chi connectivity index (χ2v) is 5.65. The molecule has 1 unspecified atom stereocenters. The van der Waals surface area contributed by atoms with E-state index in [9.17, 15) is 13.9 Å². The van der Waals surface area contributed by atoms with E-state index in [1.807, 2.05) is 0 Å². The maximum atomic E-state index is 14.7. The Hall–Kier alpha value is -1.85. The van der Waals surface area contributed by atoms with Crippen LogP contribution in [0.4, 0.5) is 8.78 Å². The van der Waals surface area contributed by atoms with E-state index in [2.05, 4.69) is 4.98 Å². The molecule has 1 atom stereocenters. The Kier molecular flexibility index (Phi) is 3.26. The molecular formula is C16H15F2NO2. The Balaban J connectivity index is 2.18. The first-order valence-corrected chi connectivity index (χ1v) is 6.67. The molecule has 21 heavy (non-hydrogen) atoms. The lowest BCUT2D eigenvalue weighted by atomic mass is 9.95. The zero-order valence-corrected chi connectivity index (χ0v) is 11.7. The minimum absolute atomic E-state index is 0.0973. The average Bonchev–Trinajstić information content (AvgIpc) is 3.23. The van der Waals surface area contributed by atoms with Crippen molar-refractivity contribution in [2.75, 3.05) is 6.61 Å². The molecule has 2 aromatic rings. The molecule has 110 valence electrons. The van der Waals surface area contributed by atoms with Gasteiger partial charge in [-0.2, -0.15) is 0 Å². The summed E-state index contributed by atoms with van der Waals surface area (Å²) >= 11 is 0. The van der Waals surface area contributed by atoms with Crippen LogP contribution in [-0.4, -0.2) is 16.7 Å². The van der Waals surface area contributed by atoms with Gasteiger partial charge in [-0.05, 0) is 44.2 Å². The second kappa shape index (κ2) is 4.86. The van der Waals surface area contributed by atoms with Crippen molar-refractivity contribution < 1.29 is 18.6 Å². The van der Waals surface area contributed by atoms with E-state index in [0.717, 1.165) is 0 Å². The predicted octanol–water partition coefficient (Wildman–Crippen LogP) is 3.33. The topological polar surface area (TPSA) is 45.6 Å². The van der Waals surface area contributed by atoms with E-state index in [-0.39, 0.29) is 17.4 Å². The van der Waals surface area contributed by atoms with Crippen LogP contribution in [-0.2, 0) is 10.3 Å². The SMILES string of the molecule is CC(C)(O)c1cc(C2CO2)nc(-c2ccc(F)cc2)c1F. The standard InChI is InChI=1S/C16H15F2NO2/c1-16(2,20)11-7-12(13-8-21-13)19-15(14(11)18)9-3-5-10(17)6-4-9/h3-7,13,20H,8H2,1-2H3. The highest BCUT2D eigenvalue weighted by Crippen LogP contribution is 2.36. The highest BCUT2D eigenvalue weighted by Gasteiger charge is 2.32. The number of aliphatic hydroxyl groups is 1. The fourth-order valence-corrected chi connectivity index (χ4v) is 2.18. The molecule has 0 radical (unpaired) electrons. The summed E-state index contributed by atoms with van der Waals surface area (Å²) in [7, 11) is 0. The van der Waals surface area contributed by atoms with Gasteiger partial charge in [0.1, 0.15) is 17.6 Å². The predicted molar refractivity (Wildman–Crippen MR) is 73.5 cm³/mol. The van der Waals surface area contributed by atoms with E-state index in [4.69, 9.17) is 4.74 Å². The molecule has 1 saturated heterocycles. The maximum absolute atomic E-state index is 14.7. The lowest BCUT2D eigenvalue weighted by molar-refractivity contribution is 0.0743. The first kappa shape index (κ1) is 14.1. The lowest BCUT2D eigenvalue weighted by Crippen LogP contribution is -2.19. The van der Waals surface area contributed by atoms with Gasteiger partial charge in [-0.3, -0.25) is 0 Å². The van der Waals surface area contributed by atoms with Crippen LogP contribution in [0.3, 0.4) is 0 Å². The van der Waals surface area contributed by atoms with Crippen LogP contribution in [0.15, 0.2) is 30.3 Å². The molecule has 1 aromatic heterocycles. The van der Waals surface area contributed by atoms with Gasteiger partial charge in [-0.1, -0.05) is 0 Å². The highest BCUT2D eigenvalue weighted by molar-refractivity contribution is 5.61. The largest absolute Gasteiger partial charge is 0.386 e.